The smallest absolute Gasteiger partial charge is 0.180 e. The van der Waals surface area contributed by atoms with Gasteiger partial charge in [-0.2, -0.15) is 0 Å². The first-order valence-corrected chi connectivity index (χ1v) is 6.73. The molecular formula is C12H16O3S. The van der Waals surface area contributed by atoms with Crippen molar-refractivity contribution in [3.63, 3.8) is 0 Å². The van der Waals surface area contributed by atoms with E-state index in [0.29, 0.717) is 4.90 Å². The number of hydrogen-bond donors (Lipinski definition) is 0. The average Bonchev–Trinajstić information content (AvgIpc) is 2.28. The predicted molar refractivity (Wildman–Crippen MR) is 63.2 cm³/mol. The lowest BCUT2D eigenvalue weighted by Crippen LogP contribution is -2.13. The Labute approximate surface area is 96.4 Å². The minimum absolute atomic E-state index is 0.198. The Balaban J connectivity index is 3.09. The van der Waals surface area contributed by atoms with Crippen LogP contribution in [0.25, 0.3) is 0 Å². The van der Waals surface area contributed by atoms with E-state index in [0.717, 1.165) is 11.8 Å². The van der Waals surface area contributed by atoms with E-state index in [2.05, 4.69) is 0 Å². The monoisotopic (exact) mass is 240 g/mol. The van der Waals surface area contributed by atoms with Crippen molar-refractivity contribution in [2.75, 3.05) is 0 Å². The van der Waals surface area contributed by atoms with E-state index in [9.17, 15) is 13.2 Å². The number of carbonyl (C=O) groups excluding carboxylic acids is 1. The molecule has 88 valence electrons. The van der Waals surface area contributed by atoms with Crippen molar-refractivity contribution in [2.45, 2.75) is 36.8 Å². The predicted octanol–water partition coefficient (Wildman–Crippen LogP) is 2.17. The van der Waals surface area contributed by atoms with Gasteiger partial charge in [0.15, 0.2) is 9.84 Å². The molecular weight excluding hydrogens is 224 g/mol. The largest absolute Gasteiger partial charge is 0.303 e. The zero-order valence-corrected chi connectivity index (χ0v) is 10.5. The van der Waals surface area contributed by atoms with Crippen LogP contribution in [0.5, 0.6) is 0 Å². The summed E-state index contributed by atoms with van der Waals surface area (Å²) >= 11 is 0. The van der Waals surface area contributed by atoms with Gasteiger partial charge < -0.3 is 4.79 Å². The third-order valence-electron chi connectivity index (χ3n) is 2.56. The number of aldehydes is 1. The first-order valence-electron chi connectivity index (χ1n) is 5.18. The van der Waals surface area contributed by atoms with Crippen molar-refractivity contribution >= 4 is 16.1 Å². The van der Waals surface area contributed by atoms with Crippen LogP contribution in [0.3, 0.4) is 0 Å². The molecule has 0 saturated heterocycles. The molecule has 0 radical (unpaired) electrons. The molecule has 1 aromatic rings. The van der Waals surface area contributed by atoms with Gasteiger partial charge in [-0.3, -0.25) is 0 Å². The second-order valence-electron chi connectivity index (χ2n) is 4.09. The highest BCUT2D eigenvalue weighted by molar-refractivity contribution is 7.92. The van der Waals surface area contributed by atoms with Gasteiger partial charge in [-0.25, -0.2) is 8.42 Å². The molecule has 0 aliphatic heterocycles. The van der Waals surface area contributed by atoms with E-state index < -0.39 is 15.1 Å². The molecule has 0 saturated carbocycles. The minimum atomic E-state index is -3.21. The number of benzene rings is 1. The van der Waals surface area contributed by atoms with Crippen LogP contribution < -0.4 is 0 Å². The van der Waals surface area contributed by atoms with Crippen molar-refractivity contribution < 1.29 is 13.2 Å². The van der Waals surface area contributed by atoms with E-state index in [1.807, 2.05) is 0 Å². The van der Waals surface area contributed by atoms with Crippen molar-refractivity contribution in [1.29, 1.82) is 0 Å². The van der Waals surface area contributed by atoms with Crippen molar-refractivity contribution in [2.24, 2.45) is 0 Å². The van der Waals surface area contributed by atoms with Gasteiger partial charge in [0.25, 0.3) is 0 Å². The molecule has 16 heavy (non-hydrogen) atoms. The van der Waals surface area contributed by atoms with E-state index in [-0.39, 0.29) is 5.92 Å². The molecule has 1 aromatic carbocycles. The van der Waals surface area contributed by atoms with E-state index >= 15 is 0 Å². The number of rotatable bonds is 4. The van der Waals surface area contributed by atoms with Gasteiger partial charge >= 0.3 is 0 Å². The Bertz CT molecular complexity index is 458. The van der Waals surface area contributed by atoms with Gasteiger partial charge in [-0.15, -0.1) is 0 Å². The highest BCUT2D eigenvalue weighted by atomic mass is 32.2. The normalized spacial score (nSPS) is 13.8. The second-order valence-corrected chi connectivity index (χ2v) is 6.59. The molecule has 3 nitrogen and oxygen atoms in total. The number of carbonyl (C=O) groups is 1. The lowest BCUT2D eigenvalue weighted by atomic mass is 10.0. The summed E-state index contributed by atoms with van der Waals surface area (Å²) in [5, 5.41) is -0.429. The summed E-state index contributed by atoms with van der Waals surface area (Å²) in [7, 11) is -3.21. The minimum Gasteiger partial charge on any atom is -0.303 e. The highest BCUT2D eigenvalue weighted by Gasteiger charge is 2.18. The fourth-order valence-electron chi connectivity index (χ4n) is 1.31. The molecule has 0 amide bonds. The standard InChI is InChI=1S/C12H16O3S/c1-9(2)16(14,15)12-6-4-11(5-7-12)10(3)8-13/h4-10H,1-3H3. The molecule has 1 rings (SSSR count). The van der Waals surface area contributed by atoms with Crippen LogP contribution in [0.4, 0.5) is 0 Å². The summed E-state index contributed by atoms with van der Waals surface area (Å²) in [6.07, 6.45) is 0.839. The number of sulfone groups is 1. The molecule has 1 unspecified atom stereocenters. The van der Waals surface area contributed by atoms with Gasteiger partial charge in [0.1, 0.15) is 6.29 Å². The van der Waals surface area contributed by atoms with Crippen LogP contribution in [-0.2, 0) is 14.6 Å². The van der Waals surface area contributed by atoms with Crippen LogP contribution in [0.1, 0.15) is 32.3 Å². The van der Waals surface area contributed by atoms with Crippen molar-refractivity contribution in [3.05, 3.63) is 29.8 Å². The number of hydrogen-bond acceptors (Lipinski definition) is 3. The summed E-state index contributed by atoms with van der Waals surface area (Å²) in [6, 6.07) is 6.50. The van der Waals surface area contributed by atoms with Crippen LogP contribution in [0.15, 0.2) is 29.2 Å². The molecule has 1 atom stereocenters. The van der Waals surface area contributed by atoms with Gasteiger partial charge in [0.05, 0.1) is 10.1 Å². The Morgan fingerprint density at radius 3 is 1.94 bits per heavy atom. The van der Waals surface area contributed by atoms with Crippen LogP contribution in [-0.4, -0.2) is 20.0 Å². The maximum absolute atomic E-state index is 11.8. The highest BCUT2D eigenvalue weighted by Crippen LogP contribution is 2.19. The van der Waals surface area contributed by atoms with Gasteiger partial charge in [0.2, 0.25) is 0 Å². The summed E-state index contributed by atoms with van der Waals surface area (Å²) in [6.45, 7) is 5.08. The van der Waals surface area contributed by atoms with E-state index in [1.54, 1.807) is 45.0 Å². The summed E-state index contributed by atoms with van der Waals surface area (Å²) in [5.74, 6) is -0.198. The fraction of sp³-hybridized carbons (Fsp3) is 0.417. The summed E-state index contributed by atoms with van der Waals surface area (Å²) in [5.41, 5.74) is 0.831. The van der Waals surface area contributed by atoms with Crippen LogP contribution >= 0.6 is 0 Å². The fourth-order valence-corrected chi connectivity index (χ4v) is 2.37. The molecule has 0 bridgehead atoms. The molecule has 0 heterocycles. The van der Waals surface area contributed by atoms with Crippen molar-refractivity contribution in [1.82, 2.24) is 0 Å². The average molecular weight is 240 g/mol. The van der Waals surface area contributed by atoms with Gasteiger partial charge in [-0.05, 0) is 31.5 Å². The van der Waals surface area contributed by atoms with Crippen LogP contribution in [0, 0.1) is 0 Å². The Kier molecular flexibility index (Phi) is 3.86. The Morgan fingerprint density at radius 2 is 1.56 bits per heavy atom. The molecule has 0 aliphatic carbocycles. The summed E-state index contributed by atoms with van der Waals surface area (Å²) in [4.78, 5) is 10.9. The first kappa shape index (κ1) is 12.9. The lowest BCUT2D eigenvalue weighted by molar-refractivity contribution is -0.108. The van der Waals surface area contributed by atoms with E-state index in [4.69, 9.17) is 0 Å². The van der Waals surface area contributed by atoms with Gasteiger partial charge in [0, 0.05) is 5.92 Å². The van der Waals surface area contributed by atoms with Crippen molar-refractivity contribution in [3.8, 4) is 0 Å². The molecule has 0 fully saturated rings. The third-order valence-corrected chi connectivity index (χ3v) is 4.73. The van der Waals surface area contributed by atoms with Crippen LogP contribution in [0.2, 0.25) is 0 Å². The second kappa shape index (κ2) is 4.78. The first-order chi connectivity index (χ1) is 7.39. The van der Waals surface area contributed by atoms with Gasteiger partial charge in [-0.1, -0.05) is 19.1 Å². The molecule has 0 spiro atoms. The summed E-state index contributed by atoms with van der Waals surface area (Å²) < 4.78 is 23.6. The lowest BCUT2D eigenvalue weighted by Gasteiger charge is -2.09. The maximum atomic E-state index is 11.8. The topological polar surface area (TPSA) is 51.2 Å². The molecule has 4 heteroatoms. The molecule has 0 aliphatic rings. The zero-order valence-electron chi connectivity index (χ0n) is 9.67. The SMILES string of the molecule is CC(C=O)c1ccc(S(=O)(=O)C(C)C)cc1. The third kappa shape index (κ3) is 2.50. The molecule has 0 aromatic heterocycles. The molecule has 0 N–H and O–H groups in total. The zero-order chi connectivity index (χ0) is 12.3. The quantitative estimate of drug-likeness (QED) is 0.758. The van der Waals surface area contributed by atoms with E-state index in [1.165, 1.54) is 0 Å². The Hall–Kier alpha value is -1.16. The maximum Gasteiger partial charge on any atom is 0.180 e. The Morgan fingerprint density at radius 1 is 1.06 bits per heavy atom.